The Morgan fingerprint density at radius 1 is 0.889 bits per heavy atom. The smallest absolute Gasteiger partial charge is 0.194 e. The maximum Gasteiger partial charge on any atom is 0.194 e. The van der Waals surface area contributed by atoms with Gasteiger partial charge in [0.05, 0.1) is 6.26 Å². The molecule has 0 aliphatic heterocycles. The summed E-state index contributed by atoms with van der Waals surface area (Å²) in [4.78, 5) is 0. The lowest BCUT2D eigenvalue weighted by Crippen LogP contribution is -2.25. The molecule has 0 atom stereocenters. The highest BCUT2D eigenvalue weighted by Crippen LogP contribution is 2.42. The quantitative estimate of drug-likeness (QED) is 0.369. The normalized spacial score (nSPS) is 29.2. The van der Waals surface area contributed by atoms with Crippen LogP contribution in [0.4, 0.5) is 13.2 Å². The Balaban J connectivity index is 1.41. The number of rotatable bonds is 6. The second kappa shape index (κ2) is 9.66. The molecule has 0 N–H and O–H groups in total. The lowest BCUT2D eigenvalue weighted by atomic mass is 9.69. The molecule has 2 aliphatic rings. The maximum absolute atomic E-state index is 13.2. The van der Waals surface area contributed by atoms with Gasteiger partial charge < -0.3 is 4.74 Å². The van der Waals surface area contributed by atoms with E-state index in [4.69, 9.17) is 4.74 Å². The van der Waals surface area contributed by atoms with Crippen molar-refractivity contribution in [2.45, 2.75) is 71.1 Å². The molecular weight excluding hydrogens is 349 g/mol. The lowest BCUT2D eigenvalue weighted by Gasteiger charge is -2.37. The van der Waals surface area contributed by atoms with Crippen molar-refractivity contribution in [2.75, 3.05) is 0 Å². The van der Waals surface area contributed by atoms with Crippen LogP contribution in [0.15, 0.2) is 24.5 Å². The average molecular weight is 380 g/mol. The van der Waals surface area contributed by atoms with Crippen molar-refractivity contribution in [3.8, 4) is 5.75 Å². The molecule has 1 aromatic rings. The van der Waals surface area contributed by atoms with E-state index < -0.39 is 17.5 Å². The van der Waals surface area contributed by atoms with Crippen LogP contribution in [0.25, 0.3) is 0 Å². The second-order valence-electron chi connectivity index (χ2n) is 8.39. The van der Waals surface area contributed by atoms with Crippen molar-refractivity contribution in [1.29, 1.82) is 0 Å². The zero-order chi connectivity index (χ0) is 19.2. The summed E-state index contributed by atoms with van der Waals surface area (Å²) in [6, 6.07) is 1.74. The minimum atomic E-state index is -1.46. The third-order valence-electron chi connectivity index (χ3n) is 6.58. The van der Waals surface area contributed by atoms with Crippen molar-refractivity contribution in [3.05, 3.63) is 41.9 Å². The van der Waals surface area contributed by atoms with Crippen LogP contribution < -0.4 is 4.74 Å². The highest BCUT2D eigenvalue weighted by molar-refractivity contribution is 5.25. The Morgan fingerprint density at radius 2 is 1.44 bits per heavy atom. The molecule has 4 heteroatoms. The second-order valence-corrected chi connectivity index (χ2v) is 8.39. The Labute approximate surface area is 161 Å². The van der Waals surface area contributed by atoms with Crippen LogP contribution in [-0.4, -0.2) is 0 Å². The molecule has 0 bridgehead atoms. The summed E-state index contributed by atoms with van der Waals surface area (Å²) in [5.74, 6) is -0.756. The number of hydrogen-bond acceptors (Lipinski definition) is 1. The molecule has 150 valence electrons. The van der Waals surface area contributed by atoms with Gasteiger partial charge in [0.2, 0.25) is 0 Å². The first-order chi connectivity index (χ1) is 13.1. The number of benzene rings is 1. The van der Waals surface area contributed by atoms with Gasteiger partial charge in [-0.05, 0) is 68.3 Å². The largest absolute Gasteiger partial charge is 0.465 e. The molecule has 0 amide bonds. The Bertz CT molecular complexity index is 604. The monoisotopic (exact) mass is 380 g/mol. The van der Waals surface area contributed by atoms with E-state index in [1.807, 2.05) is 6.08 Å². The summed E-state index contributed by atoms with van der Waals surface area (Å²) in [5.41, 5.74) is 0. The van der Waals surface area contributed by atoms with E-state index >= 15 is 0 Å². The van der Waals surface area contributed by atoms with E-state index in [1.165, 1.54) is 57.6 Å². The van der Waals surface area contributed by atoms with E-state index in [-0.39, 0.29) is 5.75 Å². The third kappa shape index (κ3) is 5.52. The zero-order valence-electron chi connectivity index (χ0n) is 16.2. The molecule has 27 heavy (non-hydrogen) atoms. The van der Waals surface area contributed by atoms with E-state index in [2.05, 4.69) is 6.92 Å². The van der Waals surface area contributed by atoms with Crippen LogP contribution in [0, 0.1) is 41.1 Å². The molecule has 0 unspecified atom stereocenters. The van der Waals surface area contributed by atoms with E-state index in [0.717, 1.165) is 42.7 Å². The Kier molecular flexibility index (Phi) is 7.26. The fourth-order valence-corrected chi connectivity index (χ4v) is 4.99. The molecule has 0 radical (unpaired) electrons. The van der Waals surface area contributed by atoms with Crippen LogP contribution in [0.2, 0.25) is 0 Å². The molecule has 2 saturated carbocycles. The summed E-state index contributed by atoms with van der Waals surface area (Å²) >= 11 is 0. The molecule has 3 rings (SSSR count). The van der Waals surface area contributed by atoms with E-state index in [0.29, 0.717) is 5.92 Å². The van der Waals surface area contributed by atoms with Gasteiger partial charge in [-0.2, -0.15) is 0 Å². The van der Waals surface area contributed by atoms with Gasteiger partial charge in [-0.15, -0.1) is 0 Å². The van der Waals surface area contributed by atoms with Gasteiger partial charge >= 0.3 is 0 Å². The third-order valence-corrected chi connectivity index (χ3v) is 6.58. The number of allylic oxidation sites excluding steroid dienone is 1. The molecule has 0 aromatic heterocycles. The van der Waals surface area contributed by atoms with Crippen molar-refractivity contribution < 1.29 is 17.9 Å². The molecule has 0 saturated heterocycles. The summed E-state index contributed by atoms with van der Waals surface area (Å²) in [6.45, 7) is 2.29. The molecule has 1 aromatic carbocycles. The van der Waals surface area contributed by atoms with Gasteiger partial charge in [-0.3, -0.25) is 0 Å². The average Bonchev–Trinajstić information content (AvgIpc) is 2.67. The molecule has 2 fully saturated rings. The van der Waals surface area contributed by atoms with Gasteiger partial charge in [0.15, 0.2) is 17.5 Å². The van der Waals surface area contributed by atoms with Gasteiger partial charge in [0.1, 0.15) is 5.75 Å². The Hall–Kier alpha value is -1.45. The van der Waals surface area contributed by atoms with E-state index in [1.54, 1.807) is 0 Å². The number of ether oxygens (including phenoxy) is 1. The zero-order valence-corrected chi connectivity index (χ0v) is 16.2. The summed E-state index contributed by atoms with van der Waals surface area (Å²) in [6.07, 6.45) is 16.6. The molecular formula is C23H31F3O. The Morgan fingerprint density at radius 3 is 2.00 bits per heavy atom. The van der Waals surface area contributed by atoms with Crippen LogP contribution in [-0.2, 0) is 0 Å². The summed E-state index contributed by atoms with van der Waals surface area (Å²) < 4.78 is 44.6. The first-order valence-electron chi connectivity index (χ1n) is 10.5. The van der Waals surface area contributed by atoms with Gasteiger partial charge in [0, 0.05) is 12.1 Å². The molecule has 0 heterocycles. The topological polar surface area (TPSA) is 9.23 Å². The highest BCUT2D eigenvalue weighted by atomic mass is 19.2. The summed E-state index contributed by atoms with van der Waals surface area (Å²) in [5, 5.41) is 0. The molecule has 2 aliphatic carbocycles. The summed E-state index contributed by atoms with van der Waals surface area (Å²) in [7, 11) is 0. The fourth-order valence-electron chi connectivity index (χ4n) is 4.99. The predicted molar refractivity (Wildman–Crippen MR) is 102 cm³/mol. The number of hydrogen-bond donors (Lipinski definition) is 0. The van der Waals surface area contributed by atoms with Crippen LogP contribution in [0.5, 0.6) is 5.75 Å². The van der Waals surface area contributed by atoms with E-state index in [9.17, 15) is 13.2 Å². The highest BCUT2D eigenvalue weighted by Gasteiger charge is 2.30. The van der Waals surface area contributed by atoms with Crippen molar-refractivity contribution >= 4 is 0 Å². The lowest BCUT2D eigenvalue weighted by molar-refractivity contribution is 0.152. The SMILES string of the molecule is CCCC1CCC(C2CCC(C=COc3cc(F)c(F)c(F)c3)CC2)CC1. The predicted octanol–water partition coefficient (Wildman–Crippen LogP) is 7.41. The van der Waals surface area contributed by atoms with Gasteiger partial charge in [-0.1, -0.05) is 32.6 Å². The van der Waals surface area contributed by atoms with Crippen LogP contribution in [0.3, 0.4) is 0 Å². The molecule has 1 nitrogen and oxygen atoms in total. The fraction of sp³-hybridized carbons (Fsp3) is 0.652. The first kappa shape index (κ1) is 20.3. The van der Waals surface area contributed by atoms with Crippen molar-refractivity contribution in [1.82, 2.24) is 0 Å². The van der Waals surface area contributed by atoms with Gasteiger partial charge in [0.25, 0.3) is 0 Å². The maximum atomic E-state index is 13.2. The standard InChI is InChI=1S/C23H31F3O/c1-2-3-16-4-8-18(9-5-16)19-10-6-17(7-11-19)12-13-27-20-14-21(24)23(26)22(25)15-20/h12-19H,2-11H2,1H3. The van der Waals surface area contributed by atoms with Crippen LogP contribution >= 0.6 is 0 Å². The van der Waals surface area contributed by atoms with Crippen LogP contribution in [0.1, 0.15) is 71.1 Å². The minimum Gasteiger partial charge on any atom is -0.465 e. The molecule has 0 spiro atoms. The van der Waals surface area contributed by atoms with Crippen molar-refractivity contribution in [2.24, 2.45) is 23.7 Å². The van der Waals surface area contributed by atoms with Gasteiger partial charge in [-0.25, -0.2) is 13.2 Å². The first-order valence-corrected chi connectivity index (χ1v) is 10.5. The minimum absolute atomic E-state index is 0.0137. The number of halogens is 3. The van der Waals surface area contributed by atoms with Crippen molar-refractivity contribution in [3.63, 3.8) is 0 Å².